The Morgan fingerprint density at radius 3 is 2.63 bits per heavy atom. The van der Waals surface area contributed by atoms with Gasteiger partial charge in [-0.1, -0.05) is 36.4 Å². The summed E-state index contributed by atoms with van der Waals surface area (Å²) in [7, 11) is 0. The Balaban J connectivity index is 1.74. The van der Waals surface area contributed by atoms with E-state index in [2.05, 4.69) is 46.8 Å². The number of hydrogen-bond acceptors (Lipinski definition) is 2. The predicted octanol–water partition coefficient (Wildman–Crippen LogP) is 3.48. The van der Waals surface area contributed by atoms with Crippen molar-refractivity contribution in [2.24, 2.45) is 0 Å². The molecule has 2 aromatic carbocycles. The molecule has 3 aromatic rings. The summed E-state index contributed by atoms with van der Waals surface area (Å²) in [5, 5.41) is 7.66. The lowest BCUT2D eigenvalue weighted by Gasteiger charge is -2.08. The molecule has 0 bridgehead atoms. The predicted molar refractivity (Wildman–Crippen MR) is 77.3 cm³/mol. The maximum absolute atomic E-state index is 4.23. The van der Waals surface area contributed by atoms with E-state index in [-0.39, 0.29) is 0 Å². The molecule has 0 saturated heterocycles. The maximum Gasteiger partial charge on any atom is 0.0666 e. The van der Waals surface area contributed by atoms with Crippen LogP contribution in [0.25, 0.3) is 5.69 Å². The molecule has 0 atom stereocenters. The van der Waals surface area contributed by atoms with Crippen molar-refractivity contribution in [3.63, 3.8) is 0 Å². The Hall–Kier alpha value is -2.55. The van der Waals surface area contributed by atoms with Crippen LogP contribution in [0.5, 0.6) is 0 Å². The van der Waals surface area contributed by atoms with Gasteiger partial charge in [-0.2, -0.15) is 5.10 Å². The van der Waals surface area contributed by atoms with Gasteiger partial charge in [0.05, 0.1) is 5.69 Å². The highest BCUT2D eigenvalue weighted by Gasteiger charge is 1.98. The Bertz CT molecular complexity index is 630. The van der Waals surface area contributed by atoms with Gasteiger partial charge in [-0.15, -0.1) is 0 Å². The topological polar surface area (TPSA) is 29.9 Å². The first-order chi connectivity index (χ1) is 9.42. The Morgan fingerprint density at radius 2 is 1.84 bits per heavy atom. The van der Waals surface area contributed by atoms with Gasteiger partial charge in [-0.3, -0.25) is 0 Å². The molecule has 0 aliphatic rings. The first-order valence-electron chi connectivity index (χ1n) is 6.30. The molecule has 94 valence electrons. The molecule has 0 spiro atoms. The number of anilines is 1. The first kappa shape index (κ1) is 11.5. The van der Waals surface area contributed by atoms with Crippen molar-refractivity contribution in [1.29, 1.82) is 0 Å². The molecule has 0 radical (unpaired) electrons. The molecule has 0 saturated carbocycles. The van der Waals surface area contributed by atoms with Gasteiger partial charge >= 0.3 is 0 Å². The van der Waals surface area contributed by atoms with E-state index in [0.29, 0.717) is 0 Å². The number of nitrogens with one attached hydrogen (secondary N) is 1. The molecule has 1 heterocycles. The molecule has 0 amide bonds. The second kappa shape index (κ2) is 5.40. The molecule has 0 aliphatic heterocycles. The summed E-state index contributed by atoms with van der Waals surface area (Å²) in [6, 6.07) is 20.5. The lowest BCUT2D eigenvalue weighted by atomic mass is 10.2. The van der Waals surface area contributed by atoms with E-state index >= 15 is 0 Å². The van der Waals surface area contributed by atoms with Crippen LogP contribution in [0.2, 0.25) is 0 Å². The number of aromatic nitrogens is 2. The highest BCUT2D eigenvalue weighted by atomic mass is 15.3. The number of hydrogen-bond donors (Lipinski definition) is 1. The number of benzene rings is 2. The van der Waals surface area contributed by atoms with Gasteiger partial charge in [0.2, 0.25) is 0 Å². The fourth-order valence-corrected chi connectivity index (χ4v) is 1.98. The molecular formula is C16H15N3. The van der Waals surface area contributed by atoms with Gasteiger partial charge in [0.1, 0.15) is 0 Å². The van der Waals surface area contributed by atoms with Crippen LogP contribution in [-0.4, -0.2) is 9.78 Å². The molecule has 19 heavy (non-hydrogen) atoms. The van der Waals surface area contributed by atoms with Crippen molar-refractivity contribution in [3.05, 3.63) is 78.6 Å². The number of rotatable bonds is 4. The highest BCUT2D eigenvalue weighted by Crippen LogP contribution is 2.14. The molecule has 1 aromatic heterocycles. The second-order valence-corrected chi connectivity index (χ2v) is 4.34. The maximum atomic E-state index is 4.23. The lowest BCUT2D eigenvalue weighted by Crippen LogP contribution is -2.00. The smallest absolute Gasteiger partial charge is 0.0666 e. The number of nitrogens with zero attached hydrogens (tertiary/aromatic N) is 2. The molecule has 0 unspecified atom stereocenters. The largest absolute Gasteiger partial charge is 0.381 e. The van der Waals surface area contributed by atoms with Crippen molar-refractivity contribution in [2.45, 2.75) is 6.54 Å². The third-order valence-corrected chi connectivity index (χ3v) is 2.95. The normalized spacial score (nSPS) is 10.3. The molecule has 3 heteroatoms. The van der Waals surface area contributed by atoms with Crippen LogP contribution in [0.1, 0.15) is 5.56 Å². The van der Waals surface area contributed by atoms with Crippen LogP contribution in [-0.2, 0) is 6.54 Å². The standard InChI is InChI=1S/C16H15N3/c1-2-6-14(7-3-1)13-17-15-8-4-9-16(12-15)19-11-5-10-18-19/h1-12,17H,13H2. The van der Waals surface area contributed by atoms with Gasteiger partial charge < -0.3 is 5.32 Å². The van der Waals surface area contributed by atoms with Crippen LogP contribution in [0.15, 0.2) is 73.1 Å². The summed E-state index contributed by atoms with van der Waals surface area (Å²) < 4.78 is 1.85. The zero-order valence-corrected chi connectivity index (χ0v) is 10.5. The summed E-state index contributed by atoms with van der Waals surface area (Å²) in [4.78, 5) is 0. The minimum absolute atomic E-state index is 0.823. The minimum atomic E-state index is 0.823. The molecule has 0 aliphatic carbocycles. The first-order valence-corrected chi connectivity index (χ1v) is 6.30. The third-order valence-electron chi connectivity index (χ3n) is 2.95. The van der Waals surface area contributed by atoms with Crippen molar-refractivity contribution < 1.29 is 0 Å². The van der Waals surface area contributed by atoms with Crippen molar-refractivity contribution >= 4 is 5.69 Å². The van der Waals surface area contributed by atoms with E-state index < -0.39 is 0 Å². The third kappa shape index (κ3) is 2.83. The van der Waals surface area contributed by atoms with E-state index in [1.165, 1.54) is 5.56 Å². The quantitative estimate of drug-likeness (QED) is 0.767. The zero-order valence-electron chi connectivity index (χ0n) is 10.5. The summed E-state index contributed by atoms with van der Waals surface area (Å²) >= 11 is 0. The van der Waals surface area contributed by atoms with Crippen molar-refractivity contribution in [3.8, 4) is 5.69 Å². The van der Waals surface area contributed by atoms with Gasteiger partial charge in [0.15, 0.2) is 0 Å². The van der Waals surface area contributed by atoms with E-state index in [1.54, 1.807) is 6.20 Å². The van der Waals surface area contributed by atoms with Crippen LogP contribution >= 0.6 is 0 Å². The van der Waals surface area contributed by atoms with Crippen molar-refractivity contribution in [2.75, 3.05) is 5.32 Å². The second-order valence-electron chi connectivity index (χ2n) is 4.34. The van der Waals surface area contributed by atoms with Crippen LogP contribution in [0.3, 0.4) is 0 Å². The molecule has 3 rings (SSSR count). The average molecular weight is 249 g/mol. The Labute approximate surface area is 112 Å². The Morgan fingerprint density at radius 1 is 0.947 bits per heavy atom. The molecular weight excluding hydrogens is 234 g/mol. The van der Waals surface area contributed by atoms with Gasteiger partial charge in [0.25, 0.3) is 0 Å². The molecule has 0 fully saturated rings. The highest BCUT2D eigenvalue weighted by molar-refractivity contribution is 5.51. The van der Waals surface area contributed by atoms with Crippen LogP contribution < -0.4 is 5.32 Å². The van der Waals surface area contributed by atoms with Gasteiger partial charge in [0, 0.05) is 24.6 Å². The fraction of sp³-hybridized carbons (Fsp3) is 0.0625. The van der Waals surface area contributed by atoms with E-state index in [0.717, 1.165) is 17.9 Å². The summed E-state index contributed by atoms with van der Waals surface area (Å²) in [5.74, 6) is 0. The average Bonchev–Trinajstić information content (AvgIpc) is 3.01. The van der Waals surface area contributed by atoms with E-state index in [4.69, 9.17) is 0 Å². The SMILES string of the molecule is c1ccc(CNc2cccc(-n3cccn3)c2)cc1. The Kier molecular flexibility index (Phi) is 3.28. The molecule has 3 nitrogen and oxygen atoms in total. The van der Waals surface area contributed by atoms with Gasteiger partial charge in [-0.25, -0.2) is 4.68 Å². The fourth-order valence-electron chi connectivity index (χ4n) is 1.98. The van der Waals surface area contributed by atoms with Gasteiger partial charge in [-0.05, 0) is 29.8 Å². The minimum Gasteiger partial charge on any atom is -0.381 e. The lowest BCUT2D eigenvalue weighted by molar-refractivity contribution is 0.880. The van der Waals surface area contributed by atoms with Crippen LogP contribution in [0, 0.1) is 0 Å². The molecule has 1 N–H and O–H groups in total. The summed E-state index contributed by atoms with van der Waals surface area (Å²) in [6.07, 6.45) is 3.72. The monoisotopic (exact) mass is 249 g/mol. The zero-order chi connectivity index (χ0) is 12.9. The summed E-state index contributed by atoms with van der Waals surface area (Å²) in [5.41, 5.74) is 3.42. The van der Waals surface area contributed by atoms with E-state index in [1.807, 2.05) is 35.1 Å². The summed E-state index contributed by atoms with van der Waals surface area (Å²) in [6.45, 7) is 0.823. The van der Waals surface area contributed by atoms with E-state index in [9.17, 15) is 0 Å². The van der Waals surface area contributed by atoms with Crippen LogP contribution in [0.4, 0.5) is 5.69 Å². The van der Waals surface area contributed by atoms with Crippen molar-refractivity contribution in [1.82, 2.24) is 9.78 Å².